The molecule has 0 unspecified atom stereocenters. The molecule has 1 N–H and O–H groups in total. The Bertz CT molecular complexity index is 1140. The molecule has 0 saturated carbocycles. The van der Waals surface area contributed by atoms with Crippen molar-refractivity contribution in [2.75, 3.05) is 5.32 Å². The van der Waals surface area contributed by atoms with Gasteiger partial charge in [-0.2, -0.15) is 0 Å². The van der Waals surface area contributed by atoms with E-state index in [0.717, 1.165) is 17.0 Å². The quantitative estimate of drug-likeness (QED) is 0.391. The molecule has 0 radical (unpaired) electrons. The molecule has 144 valence electrons. The van der Waals surface area contributed by atoms with Crippen molar-refractivity contribution in [3.63, 3.8) is 0 Å². The van der Waals surface area contributed by atoms with E-state index in [9.17, 15) is 19.7 Å². The number of benzene rings is 2. The monoisotopic (exact) mass is 402 g/mol. The van der Waals surface area contributed by atoms with Gasteiger partial charge in [-0.25, -0.2) is 4.79 Å². The molecular weight excluding hydrogens is 388 g/mol. The highest BCUT2D eigenvalue weighted by Gasteiger charge is 2.18. The predicted octanol–water partition coefficient (Wildman–Crippen LogP) is 4.07. The van der Waals surface area contributed by atoms with E-state index in [4.69, 9.17) is 20.8 Å². The van der Waals surface area contributed by atoms with Crippen LogP contribution >= 0.6 is 11.6 Å². The average molecular weight is 403 g/mol. The molecule has 1 amide bonds. The van der Waals surface area contributed by atoms with Crippen molar-refractivity contribution in [1.29, 1.82) is 0 Å². The maximum absolute atomic E-state index is 12.4. The van der Waals surface area contributed by atoms with Crippen molar-refractivity contribution < 1.29 is 18.9 Å². The Hall–Kier alpha value is -3.39. The number of non-ortho nitro benzene ring substituents is 1. The number of anilines is 1. The summed E-state index contributed by atoms with van der Waals surface area (Å²) in [7, 11) is 0. The first-order valence-electron chi connectivity index (χ1n) is 8.20. The molecular formula is C19H15ClN2O6. The highest BCUT2D eigenvalue weighted by atomic mass is 35.5. The minimum Gasteiger partial charge on any atom is -0.479 e. The summed E-state index contributed by atoms with van der Waals surface area (Å²) < 4.78 is 10.7. The lowest BCUT2D eigenvalue weighted by molar-refractivity contribution is -0.384. The molecule has 1 heterocycles. The number of aryl methyl sites for hydroxylation is 1. The maximum Gasteiger partial charge on any atom is 0.336 e. The fourth-order valence-electron chi connectivity index (χ4n) is 2.59. The molecule has 2 aromatic carbocycles. The molecule has 0 aliphatic heterocycles. The Labute approximate surface area is 163 Å². The first kappa shape index (κ1) is 19.4. The van der Waals surface area contributed by atoms with Crippen LogP contribution in [0.1, 0.15) is 12.5 Å². The van der Waals surface area contributed by atoms with Gasteiger partial charge in [0.25, 0.3) is 11.6 Å². The number of halogens is 1. The van der Waals surface area contributed by atoms with E-state index in [1.807, 2.05) is 0 Å². The summed E-state index contributed by atoms with van der Waals surface area (Å²) in [5.74, 6) is -0.321. The van der Waals surface area contributed by atoms with Crippen LogP contribution in [0.3, 0.4) is 0 Å². The number of ether oxygens (including phenoxy) is 1. The highest BCUT2D eigenvalue weighted by Crippen LogP contribution is 2.29. The number of fused-ring (bicyclic) bond motifs is 1. The van der Waals surface area contributed by atoms with Gasteiger partial charge >= 0.3 is 5.63 Å². The van der Waals surface area contributed by atoms with Gasteiger partial charge < -0.3 is 14.5 Å². The van der Waals surface area contributed by atoms with Gasteiger partial charge in [-0.15, -0.1) is 0 Å². The Balaban J connectivity index is 1.75. The zero-order chi connectivity index (χ0) is 20.4. The second-order valence-electron chi connectivity index (χ2n) is 6.08. The minimum absolute atomic E-state index is 0.0248. The number of rotatable bonds is 5. The van der Waals surface area contributed by atoms with Gasteiger partial charge in [0.1, 0.15) is 11.3 Å². The van der Waals surface area contributed by atoms with Crippen molar-refractivity contribution in [2.45, 2.75) is 20.0 Å². The second-order valence-corrected chi connectivity index (χ2v) is 6.49. The van der Waals surface area contributed by atoms with Gasteiger partial charge in [0, 0.05) is 35.3 Å². The van der Waals surface area contributed by atoms with Crippen LogP contribution in [0, 0.1) is 17.0 Å². The lowest BCUT2D eigenvalue weighted by Crippen LogP contribution is -2.30. The van der Waals surface area contributed by atoms with Crippen molar-refractivity contribution in [1.82, 2.24) is 0 Å². The zero-order valence-corrected chi connectivity index (χ0v) is 15.6. The number of amides is 1. The number of hydrogen-bond donors (Lipinski definition) is 1. The third kappa shape index (κ3) is 4.12. The van der Waals surface area contributed by atoms with Crippen molar-refractivity contribution in [2.24, 2.45) is 0 Å². The van der Waals surface area contributed by atoms with E-state index in [0.29, 0.717) is 11.3 Å². The largest absolute Gasteiger partial charge is 0.479 e. The molecule has 0 aliphatic carbocycles. The number of carbonyl (C=O) groups excluding carboxylic acids is 1. The van der Waals surface area contributed by atoms with Crippen molar-refractivity contribution >= 4 is 39.9 Å². The standard InChI is InChI=1S/C19H15ClN2O6/c1-10-7-18(23)28-17-8-12(3-5-14(10)17)21-19(24)11(2)27-16-6-4-13(22(25)26)9-15(16)20/h3-9,11H,1-2H3,(H,21,24)/t11-/m0/s1. The topological polar surface area (TPSA) is 112 Å². The summed E-state index contributed by atoms with van der Waals surface area (Å²) >= 11 is 5.97. The predicted molar refractivity (Wildman–Crippen MR) is 104 cm³/mol. The van der Waals surface area contributed by atoms with Crippen LogP contribution in [0.5, 0.6) is 5.75 Å². The van der Waals surface area contributed by atoms with Crippen LogP contribution in [-0.4, -0.2) is 16.9 Å². The van der Waals surface area contributed by atoms with Crippen molar-refractivity contribution in [3.05, 3.63) is 73.6 Å². The first-order chi connectivity index (χ1) is 13.2. The normalized spacial score (nSPS) is 11.8. The summed E-state index contributed by atoms with van der Waals surface area (Å²) in [5, 5.41) is 14.2. The third-order valence-electron chi connectivity index (χ3n) is 4.02. The number of nitrogens with one attached hydrogen (secondary N) is 1. The summed E-state index contributed by atoms with van der Waals surface area (Å²) in [6, 6.07) is 10.1. The SMILES string of the molecule is Cc1cc(=O)oc2cc(NC(=O)[C@H](C)Oc3ccc([N+](=O)[O-])cc3Cl)ccc12. The number of nitro benzene ring substituents is 1. The number of nitro groups is 1. The van der Waals surface area contributed by atoms with Crippen LogP contribution in [0.15, 0.2) is 51.7 Å². The lowest BCUT2D eigenvalue weighted by Gasteiger charge is -2.15. The third-order valence-corrected chi connectivity index (χ3v) is 4.31. The van der Waals surface area contributed by atoms with E-state index in [2.05, 4.69) is 5.32 Å². The Morgan fingerprint density at radius 3 is 2.68 bits per heavy atom. The molecule has 0 aliphatic rings. The number of hydrogen-bond acceptors (Lipinski definition) is 6. The van der Waals surface area contributed by atoms with E-state index < -0.39 is 22.6 Å². The molecule has 3 rings (SSSR count). The molecule has 0 saturated heterocycles. The van der Waals surface area contributed by atoms with E-state index >= 15 is 0 Å². The fraction of sp³-hybridized carbons (Fsp3) is 0.158. The van der Waals surface area contributed by atoms with Gasteiger partial charge in [-0.3, -0.25) is 14.9 Å². The van der Waals surface area contributed by atoms with Crippen molar-refractivity contribution in [3.8, 4) is 5.75 Å². The van der Waals surface area contributed by atoms with Crippen LogP contribution in [0.2, 0.25) is 5.02 Å². The van der Waals surface area contributed by atoms with Gasteiger partial charge in [0.15, 0.2) is 6.10 Å². The van der Waals surface area contributed by atoms with Crippen LogP contribution in [0.25, 0.3) is 11.0 Å². The van der Waals surface area contributed by atoms with Gasteiger partial charge in [-0.05, 0) is 37.6 Å². The number of nitrogens with zero attached hydrogens (tertiary/aromatic N) is 1. The number of carbonyl (C=O) groups is 1. The van der Waals surface area contributed by atoms with Gasteiger partial charge in [-0.1, -0.05) is 11.6 Å². The van der Waals surface area contributed by atoms with E-state index in [-0.39, 0.29) is 16.5 Å². The van der Waals surface area contributed by atoms with Crippen LogP contribution in [-0.2, 0) is 4.79 Å². The maximum atomic E-state index is 12.4. The Morgan fingerprint density at radius 2 is 2.00 bits per heavy atom. The van der Waals surface area contributed by atoms with Gasteiger partial charge in [0.05, 0.1) is 9.95 Å². The minimum atomic E-state index is -0.931. The molecule has 0 fully saturated rings. The molecule has 28 heavy (non-hydrogen) atoms. The smallest absolute Gasteiger partial charge is 0.336 e. The summed E-state index contributed by atoms with van der Waals surface area (Å²) in [4.78, 5) is 34.1. The average Bonchev–Trinajstić information content (AvgIpc) is 2.62. The summed E-state index contributed by atoms with van der Waals surface area (Å²) in [5.41, 5.74) is 0.903. The van der Waals surface area contributed by atoms with Crippen LogP contribution in [0.4, 0.5) is 11.4 Å². The Kier molecular flexibility index (Phi) is 5.32. The molecule has 9 heteroatoms. The molecule has 0 spiro atoms. The Morgan fingerprint density at radius 1 is 1.25 bits per heavy atom. The van der Waals surface area contributed by atoms with E-state index in [1.54, 1.807) is 25.1 Å². The molecule has 0 bridgehead atoms. The zero-order valence-electron chi connectivity index (χ0n) is 14.9. The molecule has 1 aromatic heterocycles. The first-order valence-corrected chi connectivity index (χ1v) is 8.58. The highest BCUT2D eigenvalue weighted by molar-refractivity contribution is 6.32. The summed E-state index contributed by atoms with van der Waals surface area (Å²) in [6.45, 7) is 3.31. The van der Waals surface area contributed by atoms with Crippen LogP contribution < -0.4 is 15.7 Å². The molecule has 3 aromatic rings. The van der Waals surface area contributed by atoms with Gasteiger partial charge in [0.2, 0.25) is 0 Å². The summed E-state index contributed by atoms with van der Waals surface area (Å²) in [6.07, 6.45) is -0.931. The lowest BCUT2D eigenvalue weighted by atomic mass is 10.1. The fourth-order valence-corrected chi connectivity index (χ4v) is 2.81. The molecule has 1 atom stereocenters. The van der Waals surface area contributed by atoms with E-state index in [1.165, 1.54) is 25.1 Å². The molecule has 8 nitrogen and oxygen atoms in total. The second kappa shape index (κ2) is 7.69.